The first-order valence-electron chi connectivity index (χ1n) is 13.5. The van der Waals surface area contributed by atoms with Crippen molar-refractivity contribution < 1.29 is 52.8 Å². The summed E-state index contributed by atoms with van der Waals surface area (Å²) in [6.07, 6.45) is -9.39. The number of amides is 2. The summed E-state index contributed by atoms with van der Waals surface area (Å²) in [5, 5.41) is 4.91. The Labute approximate surface area is 270 Å². The third-order valence-corrected chi connectivity index (χ3v) is 9.15. The monoisotopic (exact) mass is 714 g/mol. The third-order valence-electron chi connectivity index (χ3n) is 6.39. The summed E-state index contributed by atoms with van der Waals surface area (Å²) >= 11 is 0. The minimum absolute atomic E-state index is 0.112. The number of rotatable bonds is 11. The van der Waals surface area contributed by atoms with Crippen molar-refractivity contribution in [2.45, 2.75) is 22.1 Å². The lowest BCUT2D eigenvalue weighted by atomic mass is 10.2. The lowest BCUT2D eigenvalue weighted by Gasteiger charge is -2.12. The fraction of sp³-hybridized carbons (Fsp3) is 0.133. The molecular weight excluding hydrogens is 690 g/mol. The largest absolute Gasteiger partial charge is 0.416 e. The molecule has 0 heterocycles. The van der Waals surface area contributed by atoms with Crippen molar-refractivity contribution >= 4 is 43.2 Å². The van der Waals surface area contributed by atoms with Gasteiger partial charge in [-0.25, -0.2) is 16.8 Å². The maximum absolute atomic E-state index is 13.0. The van der Waals surface area contributed by atoms with Crippen molar-refractivity contribution in [3.05, 3.63) is 119 Å². The molecule has 0 radical (unpaired) electrons. The van der Waals surface area contributed by atoms with Gasteiger partial charge in [-0.1, -0.05) is 24.3 Å². The van der Waals surface area contributed by atoms with E-state index >= 15 is 0 Å². The van der Waals surface area contributed by atoms with E-state index in [9.17, 15) is 52.8 Å². The van der Waals surface area contributed by atoms with Gasteiger partial charge >= 0.3 is 12.4 Å². The third kappa shape index (κ3) is 9.25. The number of hydrogen-bond acceptors (Lipinski definition) is 6. The maximum atomic E-state index is 13.0. The Morgan fingerprint density at radius 3 is 1.23 bits per heavy atom. The van der Waals surface area contributed by atoms with Gasteiger partial charge in [0.2, 0.25) is 0 Å². The molecule has 0 aromatic heterocycles. The second kappa shape index (κ2) is 13.9. The quantitative estimate of drug-likeness (QED) is 0.119. The predicted molar refractivity (Wildman–Crippen MR) is 162 cm³/mol. The molecule has 0 unspecified atom stereocenters. The highest BCUT2D eigenvalue weighted by atomic mass is 32.2. The Morgan fingerprint density at radius 2 is 0.875 bits per heavy atom. The molecule has 4 aromatic rings. The van der Waals surface area contributed by atoms with Gasteiger partial charge < -0.3 is 10.6 Å². The molecule has 4 aromatic carbocycles. The van der Waals surface area contributed by atoms with E-state index in [-0.39, 0.29) is 35.6 Å². The van der Waals surface area contributed by atoms with Crippen LogP contribution in [0.3, 0.4) is 0 Å². The molecule has 0 saturated carbocycles. The number of sulfonamides is 2. The predicted octanol–water partition coefficient (Wildman–Crippen LogP) is 5.49. The average Bonchev–Trinajstić information content (AvgIpc) is 3.02. The molecule has 0 saturated heterocycles. The normalized spacial score (nSPS) is 12.2. The Kier molecular flexibility index (Phi) is 10.4. The summed E-state index contributed by atoms with van der Waals surface area (Å²) in [7, 11) is -8.77. The second-order valence-electron chi connectivity index (χ2n) is 9.94. The highest BCUT2D eigenvalue weighted by Crippen LogP contribution is 2.32. The number of carbonyl (C=O) groups excluding carboxylic acids is 2. The second-order valence-corrected chi connectivity index (χ2v) is 13.3. The SMILES string of the molecule is O=C(NCCNC(=O)c1cccc(S(=O)(=O)Nc2cccc(C(F)(F)F)c2)c1)c1cccc(S(=O)(=O)Nc2cccc(C(F)(F)F)c2)c1. The Balaban J connectivity index is 1.33. The van der Waals surface area contributed by atoms with Crippen LogP contribution in [0.15, 0.2) is 107 Å². The van der Waals surface area contributed by atoms with Crippen molar-refractivity contribution in [3.63, 3.8) is 0 Å². The molecule has 0 atom stereocenters. The molecule has 2 amide bonds. The van der Waals surface area contributed by atoms with E-state index in [0.29, 0.717) is 12.1 Å². The lowest BCUT2D eigenvalue weighted by Crippen LogP contribution is -2.34. The summed E-state index contributed by atoms with van der Waals surface area (Å²) in [5.74, 6) is -1.48. The van der Waals surface area contributed by atoms with Crippen molar-refractivity contribution in [2.24, 2.45) is 0 Å². The summed E-state index contributed by atoms with van der Waals surface area (Å²) in [5.41, 5.74) is -3.03. The number of carbonyl (C=O) groups is 2. The molecule has 10 nitrogen and oxygen atoms in total. The van der Waals surface area contributed by atoms with Gasteiger partial charge in [0.05, 0.1) is 20.9 Å². The van der Waals surface area contributed by atoms with Crippen LogP contribution in [0.5, 0.6) is 0 Å². The Hall–Kier alpha value is -5.10. The molecule has 4 N–H and O–H groups in total. The van der Waals surface area contributed by atoms with Gasteiger partial charge in [-0.15, -0.1) is 0 Å². The van der Waals surface area contributed by atoms with Crippen LogP contribution in [0.25, 0.3) is 0 Å². The van der Waals surface area contributed by atoms with Gasteiger partial charge in [-0.05, 0) is 72.8 Å². The van der Waals surface area contributed by atoms with E-state index in [1.165, 1.54) is 24.3 Å². The van der Waals surface area contributed by atoms with Gasteiger partial charge in [0, 0.05) is 35.6 Å². The Bertz CT molecular complexity index is 1910. The first-order valence-corrected chi connectivity index (χ1v) is 16.5. The zero-order valence-electron chi connectivity index (χ0n) is 24.2. The molecule has 0 aliphatic carbocycles. The van der Waals surface area contributed by atoms with Crippen LogP contribution in [-0.4, -0.2) is 41.7 Å². The number of anilines is 2. The number of halogens is 6. The molecule has 48 heavy (non-hydrogen) atoms. The van der Waals surface area contributed by atoms with E-state index in [0.717, 1.165) is 60.7 Å². The van der Waals surface area contributed by atoms with Crippen molar-refractivity contribution in [3.8, 4) is 0 Å². The van der Waals surface area contributed by atoms with Crippen LogP contribution in [0.2, 0.25) is 0 Å². The van der Waals surface area contributed by atoms with Crippen LogP contribution in [0.4, 0.5) is 37.7 Å². The van der Waals surface area contributed by atoms with Crippen LogP contribution >= 0.6 is 0 Å². The standard InChI is InChI=1S/C30H24F6N4O6S2/c31-29(32,33)21-7-3-9-23(17-21)39-47(43,44)25-11-1-5-19(15-25)27(41)37-13-14-38-28(42)20-6-2-12-26(16-20)48(45,46)40-24-10-4-8-22(18-24)30(34,35)36/h1-12,15-18,39-40H,13-14H2,(H,37,41)(H,38,42). The molecule has 0 fully saturated rings. The van der Waals surface area contributed by atoms with E-state index in [4.69, 9.17) is 0 Å². The lowest BCUT2D eigenvalue weighted by molar-refractivity contribution is -0.138. The van der Waals surface area contributed by atoms with Gasteiger partial charge in [0.15, 0.2) is 0 Å². The zero-order valence-corrected chi connectivity index (χ0v) is 25.8. The fourth-order valence-electron chi connectivity index (χ4n) is 4.11. The number of nitrogens with one attached hydrogen (secondary N) is 4. The van der Waals surface area contributed by atoms with Gasteiger partial charge in [0.25, 0.3) is 31.9 Å². The van der Waals surface area contributed by atoms with E-state index < -0.39 is 65.1 Å². The maximum Gasteiger partial charge on any atom is 0.416 e. The minimum atomic E-state index is -4.69. The Morgan fingerprint density at radius 1 is 0.521 bits per heavy atom. The number of alkyl halides is 6. The first kappa shape index (κ1) is 35.7. The van der Waals surface area contributed by atoms with Gasteiger partial charge in [-0.3, -0.25) is 19.0 Å². The van der Waals surface area contributed by atoms with Crippen LogP contribution < -0.4 is 20.1 Å². The summed E-state index contributed by atoms with van der Waals surface area (Å²) < 4.78 is 133. The molecular formula is C30H24F6N4O6S2. The zero-order chi connectivity index (χ0) is 35.3. The first-order chi connectivity index (χ1) is 22.3. The molecule has 0 bridgehead atoms. The average molecular weight is 715 g/mol. The molecule has 254 valence electrons. The van der Waals surface area contributed by atoms with Crippen molar-refractivity contribution in [2.75, 3.05) is 22.5 Å². The fourth-order valence-corrected chi connectivity index (χ4v) is 6.30. The van der Waals surface area contributed by atoms with E-state index in [2.05, 4.69) is 10.6 Å². The van der Waals surface area contributed by atoms with Gasteiger partial charge in [-0.2, -0.15) is 26.3 Å². The molecule has 4 rings (SSSR count). The summed E-state index contributed by atoms with van der Waals surface area (Å²) in [6, 6.07) is 16.5. The van der Waals surface area contributed by atoms with E-state index in [1.807, 2.05) is 9.44 Å². The highest BCUT2D eigenvalue weighted by Gasteiger charge is 2.32. The number of benzene rings is 4. The van der Waals surface area contributed by atoms with Crippen molar-refractivity contribution in [1.82, 2.24) is 10.6 Å². The molecule has 0 spiro atoms. The minimum Gasteiger partial charge on any atom is -0.350 e. The number of hydrogen-bond donors (Lipinski definition) is 4. The van der Waals surface area contributed by atoms with Crippen molar-refractivity contribution in [1.29, 1.82) is 0 Å². The van der Waals surface area contributed by atoms with Crippen LogP contribution in [0, 0.1) is 0 Å². The summed E-state index contributed by atoms with van der Waals surface area (Å²) in [4.78, 5) is 24.5. The molecule has 0 aliphatic heterocycles. The molecule has 18 heteroatoms. The smallest absolute Gasteiger partial charge is 0.350 e. The van der Waals surface area contributed by atoms with Gasteiger partial charge in [0.1, 0.15) is 0 Å². The highest BCUT2D eigenvalue weighted by molar-refractivity contribution is 7.93. The summed E-state index contributed by atoms with van der Waals surface area (Å²) in [6.45, 7) is -0.307. The van der Waals surface area contributed by atoms with Crippen LogP contribution in [-0.2, 0) is 32.4 Å². The van der Waals surface area contributed by atoms with Crippen LogP contribution in [0.1, 0.15) is 31.8 Å². The molecule has 0 aliphatic rings. The van der Waals surface area contributed by atoms with E-state index in [1.54, 1.807) is 0 Å². The topological polar surface area (TPSA) is 151 Å².